The summed E-state index contributed by atoms with van der Waals surface area (Å²) in [6.07, 6.45) is 0.660. The third kappa shape index (κ3) is 6.21. The van der Waals surface area contributed by atoms with E-state index in [1.54, 1.807) is 11.4 Å². The summed E-state index contributed by atoms with van der Waals surface area (Å²) >= 11 is 0. The Morgan fingerprint density at radius 2 is 1.67 bits per heavy atom. The molecule has 0 aliphatic carbocycles. The van der Waals surface area contributed by atoms with Gasteiger partial charge in [-0.3, -0.25) is 4.79 Å². The molecule has 1 aliphatic rings. The summed E-state index contributed by atoms with van der Waals surface area (Å²) in [7, 11) is -1.72. The molecule has 2 aromatic rings. The molecule has 2 aromatic carbocycles. The standard InChI is InChI=1S/C22H29N3O4S/c1-29-21-10-8-19(9-11-21)18-22(26)23-12-5-17-30(27,28)25-15-13-24(14-16-25)20-6-3-2-4-7-20/h2-4,6-11H,5,12-18H2,1H3,(H,23,26). The van der Waals surface area contributed by atoms with E-state index in [4.69, 9.17) is 4.74 Å². The Morgan fingerprint density at radius 3 is 2.30 bits per heavy atom. The smallest absolute Gasteiger partial charge is 0.224 e. The van der Waals surface area contributed by atoms with Crippen LogP contribution in [0.2, 0.25) is 0 Å². The molecule has 0 saturated carbocycles. The molecule has 1 N–H and O–H groups in total. The van der Waals surface area contributed by atoms with Crippen molar-refractivity contribution in [1.82, 2.24) is 9.62 Å². The van der Waals surface area contributed by atoms with Gasteiger partial charge >= 0.3 is 0 Å². The highest BCUT2D eigenvalue weighted by atomic mass is 32.2. The summed E-state index contributed by atoms with van der Waals surface area (Å²) in [5.41, 5.74) is 2.01. The van der Waals surface area contributed by atoms with Crippen molar-refractivity contribution < 1.29 is 17.9 Å². The minimum absolute atomic E-state index is 0.0428. The van der Waals surface area contributed by atoms with Gasteiger partial charge < -0.3 is 15.0 Å². The van der Waals surface area contributed by atoms with Crippen molar-refractivity contribution in [2.75, 3.05) is 50.5 Å². The maximum absolute atomic E-state index is 12.6. The average Bonchev–Trinajstić information content (AvgIpc) is 2.78. The minimum atomic E-state index is -3.31. The quantitative estimate of drug-likeness (QED) is 0.614. The van der Waals surface area contributed by atoms with Gasteiger partial charge in [0.25, 0.3) is 0 Å². The van der Waals surface area contributed by atoms with Crippen LogP contribution in [0.15, 0.2) is 54.6 Å². The van der Waals surface area contributed by atoms with E-state index in [2.05, 4.69) is 10.2 Å². The highest BCUT2D eigenvalue weighted by molar-refractivity contribution is 7.89. The molecular formula is C22H29N3O4S. The highest BCUT2D eigenvalue weighted by Gasteiger charge is 2.26. The molecular weight excluding hydrogens is 402 g/mol. The normalized spacial score (nSPS) is 15.0. The van der Waals surface area contributed by atoms with Crippen LogP contribution in [0.25, 0.3) is 0 Å². The number of hydrogen-bond acceptors (Lipinski definition) is 5. The number of para-hydroxylation sites is 1. The summed E-state index contributed by atoms with van der Waals surface area (Å²) in [4.78, 5) is 14.3. The van der Waals surface area contributed by atoms with Crippen LogP contribution < -0.4 is 15.0 Å². The number of rotatable bonds is 9. The van der Waals surface area contributed by atoms with E-state index in [9.17, 15) is 13.2 Å². The van der Waals surface area contributed by atoms with Gasteiger partial charge in [-0.2, -0.15) is 4.31 Å². The highest BCUT2D eigenvalue weighted by Crippen LogP contribution is 2.17. The van der Waals surface area contributed by atoms with Gasteiger partial charge in [0, 0.05) is 38.4 Å². The van der Waals surface area contributed by atoms with Crippen LogP contribution in [0.1, 0.15) is 12.0 Å². The summed E-state index contributed by atoms with van der Waals surface area (Å²) in [6, 6.07) is 17.3. The molecule has 1 saturated heterocycles. The first-order valence-corrected chi connectivity index (χ1v) is 11.8. The molecule has 1 fully saturated rings. The molecule has 30 heavy (non-hydrogen) atoms. The number of hydrogen-bond donors (Lipinski definition) is 1. The Labute approximate surface area is 178 Å². The van der Waals surface area contributed by atoms with Crippen LogP contribution in [-0.4, -0.2) is 64.2 Å². The van der Waals surface area contributed by atoms with Crippen LogP contribution in [0.4, 0.5) is 5.69 Å². The number of nitrogens with one attached hydrogen (secondary N) is 1. The van der Waals surface area contributed by atoms with Gasteiger partial charge in [-0.25, -0.2) is 8.42 Å². The van der Waals surface area contributed by atoms with Gasteiger partial charge in [0.05, 0.1) is 19.3 Å². The summed E-state index contributed by atoms with van der Waals surface area (Å²) in [6.45, 7) is 2.68. The number of sulfonamides is 1. The van der Waals surface area contributed by atoms with E-state index in [1.807, 2.05) is 54.6 Å². The van der Waals surface area contributed by atoms with Crippen molar-refractivity contribution >= 4 is 21.6 Å². The molecule has 0 aromatic heterocycles. The van der Waals surface area contributed by atoms with Gasteiger partial charge in [0.1, 0.15) is 5.75 Å². The minimum Gasteiger partial charge on any atom is -0.497 e. The van der Waals surface area contributed by atoms with E-state index < -0.39 is 10.0 Å². The molecule has 1 heterocycles. The number of amides is 1. The SMILES string of the molecule is COc1ccc(CC(=O)NCCCS(=O)(=O)N2CCN(c3ccccc3)CC2)cc1. The molecule has 0 spiro atoms. The zero-order chi connectivity index (χ0) is 21.4. The largest absolute Gasteiger partial charge is 0.497 e. The Morgan fingerprint density at radius 1 is 1.00 bits per heavy atom. The van der Waals surface area contributed by atoms with Crippen molar-refractivity contribution in [1.29, 1.82) is 0 Å². The average molecular weight is 432 g/mol. The fraction of sp³-hybridized carbons (Fsp3) is 0.409. The number of nitrogens with zero attached hydrogens (tertiary/aromatic N) is 2. The molecule has 0 atom stereocenters. The predicted octanol–water partition coefficient (Wildman–Crippen LogP) is 1.90. The molecule has 0 radical (unpaired) electrons. The van der Waals surface area contributed by atoms with Crippen LogP contribution in [0.3, 0.4) is 0 Å². The van der Waals surface area contributed by atoms with Crippen molar-refractivity contribution in [3.63, 3.8) is 0 Å². The summed E-state index contributed by atoms with van der Waals surface area (Å²) in [5, 5.41) is 2.80. The molecule has 0 bridgehead atoms. The zero-order valence-electron chi connectivity index (χ0n) is 17.3. The van der Waals surface area contributed by atoms with Crippen LogP contribution >= 0.6 is 0 Å². The van der Waals surface area contributed by atoms with E-state index in [1.165, 1.54) is 0 Å². The van der Waals surface area contributed by atoms with Gasteiger partial charge in [-0.05, 0) is 36.2 Å². The van der Waals surface area contributed by atoms with Crippen molar-refractivity contribution in [3.8, 4) is 5.75 Å². The first-order valence-electron chi connectivity index (χ1n) is 10.2. The zero-order valence-corrected chi connectivity index (χ0v) is 18.1. The Kier molecular flexibility index (Phi) is 7.70. The maximum atomic E-state index is 12.6. The van der Waals surface area contributed by atoms with E-state index in [0.29, 0.717) is 39.1 Å². The molecule has 8 heteroatoms. The van der Waals surface area contributed by atoms with Gasteiger partial charge in [0.2, 0.25) is 15.9 Å². The molecule has 3 rings (SSSR count). The maximum Gasteiger partial charge on any atom is 0.224 e. The number of piperazine rings is 1. The predicted molar refractivity (Wildman–Crippen MR) is 118 cm³/mol. The van der Waals surface area contributed by atoms with Gasteiger partial charge in [-0.1, -0.05) is 30.3 Å². The van der Waals surface area contributed by atoms with Crippen LogP contribution in [-0.2, 0) is 21.2 Å². The number of anilines is 1. The van der Waals surface area contributed by atoms with Crippen molar-refractivity contribution in [3.05, 3.63) is 60.2 Å². The first-order chi connectivity index (χ1) is 14.5. The van der Waals surface area contributed by atoms with E-state index in [-0.39, 0.29) is 18.1 Å². The number of ether oxygens (including phenoxy) is 1. The lowest BCUT2D eigenvalue weighted by molar-refractivity contribution is -0.120. The number of carbonyl (C=O) groups is 1. The Hall–Kier alpha value is -2.58. The van der Waals surface area contributed by atoms with Crippen LogP contribution in [0.5, 0.6) is 5.75 Å². The molecule has 162 valence electrons. The lowest BCUT2D eigenvalue weighted by atomic mass is 10.1. The van der Waals surface area contributed by atoms with Gasteiger partial charge in [0.15, 0.2) is 0 Å². The third-order valence-corrected chi connectivity index (χ3v) is 7.13. The monoisotopic (exact) mass is 431 g/mol. The van der Waals surface area contributed by atoms with E-state index in [0.717, 1.165) is 17.0 Å². The second-order valence-electron chi connectivity index (χ2n) is 7.27. The number of benzene rings is 2. The summed E-state index contributed by atoms with van der Waals surface area (Å²) in [5.74, 6) is 0.671. The van der Waals surface area contributed by atoms with Crippen molar-refractivity contribution in [2.24, 2.45) is 0 Å². The topological polar surface area (TPSA) is 78.9 Å². The third-order valence-electron chi connectivity index (χ3n) is 5.18. The van der Waals surface area contributed by atoms with Crippen molar-refractivity contribution in [2.45, 2.75) is 12.8 Å². The molecule has 1 aliphatic heterocycles. The fourth-order valence-corrected chi connectivity index (χ4v) is 4.95. The van der Waals surface area contributed by atoms with Crippen LogP contribution in [0, 0.1) is 0 Å². The lowest BCUT2D eigenvalue weighted by Crippen LogP contribution is -2.49. The Balaban J connectivity index is 1.37. The second kappa shape index (κ2) is 10.4. The number of methoxy groups -OCH3 is 1. The van der Waals surface area contributed by atoms with E-state index >= 15 is 0 Å². The van der Waals surface area contributed by atoms with Gasteiger partial charge in [-0.15, -0.1) is 0 Å². The molecule has 1 amide bonds. The number of carbonyl (C=O) groups excluding carboxylic acids is 1. The Bertz CT molecular complexity index is 909. The molecule has 0 unspecified atom stereocenters. The second-order valence-corrected chi connectivity index (χ2v) is 9.35. The molecule has 7 nitrogen and oxygen atoms in total. The fourth-order valence-electron chi connectivity index (χ4n) is 3.47. The summed E-state index contributed by atoms with van der Waals surface area (Å²) < 4.78 is 31.9. The first kappa shape index (κ1) is 22.1. The lowest BCUT2D eigenvalue weighted by Gasteiger charge is -2.35.